The van der Waals surface area contributed by atoms with E-state index in [0.717, 1.165) is 15.2 Å². The molecule has 0 aliphatic heterocycles. The van der Waals surface area contributed by atoms with Gasteiger partial charge in [0.2, 0.25) is 0 Å². The molecule has 2 rings (SSSR count). The number of rotatable bonds is 8. The average molecular weight is 526 g/mol. The topological polar surface area (TPSA) is 117 Å². The molecule has 0 aliphatic rings. The first-order chi connectivity index (χ1) is 14.3. The Morgan fingerprint density at radius 2 is 1.90 bits per heavy atom. The van der Waals surface area contributed by atoms with E-state index in [0.29, 0.717) is 11.3 Å². The number of carbonyl (C=O) groups is 2. The van der Waals surface area contributed by atoms with Crippen molar-refractivity contribution in [1.29, 1.82) is 0 Å². The van der Waals surface area contributed by atoms with Crippen LogP contribution in [0.5, 0.6) is 5.75 Å². The van der Waals surface area contributed by atoms with Gasteiger partial charge in [0.15, 0.2) is 6.10 Å². The van der Waals surface area contributed by atoms with E-state index in [1.165, 1.54) is 17.6 Å². The predicted molar refractivity (Wildman–Crippen MR) is 119 cm³/mol. The Kier molecular flexibility index (Phi) is 9.09. The van der Waals surface area contributed by atoms with Gasteiger partial charge in [-0.3, -0.25) is 15.3 Å². The lowest BCUT2D eigenvalue weighted by atomic mass is 10.0. The Balaban J connectivity index is 2.34. The molecule has 4 N–H and O–H groups in total. The normalized spacial score (nSPS) is 12.9. The van der Waals surface area contributed by atoms with E-state index in [2.05, 4.69) is 27.9 Å². The van der Waals surface area contributed by atoms with Gasteiger partial charge in [-0.1, -0.05) is 17.7 Å². The monoisotopic (exact) mass is 526 g/mol. The van der Waals surface area contributed by atoms with Crippen molar-refractivity contribution in [3.63, 3.8) is 0 Å². The van der Waals surface area contributed by atoms with Gasteiger partial charge in [-0.25, -0.2) is 10.3 Å². The lowest BCUT2D eigenvalue weighted by molar-refractivity contribution is -0.124. The van der Waals surface area contributed by atoms with Gasteiger partial charge in [-0.2, -0.15) is 0 Å². The number of halogens is 1. The molecule has 0 saturated carbocycles. The van der Waals surface area contributed by atoms with Gasteiger partial charge in [0.05, 0.1) is 0 Å². The van der Waals surface area contributed by atoms with Gasteiger partial charge in [0.25, 0.3) is 5.91 Å². The van der Waals surface area contributed by atoms with Crippen LogP contribution in [0.1, 0.15) is 24.2 Å². The van der Waals surface area contributed by atoms with Crippen LogP contribution < -0.4 is 10.8 Å². The van der Waals surface area contributed by atoms with Crippen LogP contribution in [0.2, 0.25) is 0 Å². The first-order valence-corrected chi connectivity index (χ1v) is 10.2. The van der Waals surface area contributed by atoms with Crippen LogP contribution in [-0.4, -0.2) is 35.0 Å². The Hall–Kier alpha value is -2.63. The Morgan fingerprint density at radius 1 is 1.20 bits per heavy atom. The molecule has 0 aliphatic carbocycles. The number of aromatic hydroxyl groups is 1. The third-order valence-corrected chi connectivity index (χ3v) is 4.70. The first-order valence-electron chi connectivity index (χ1n) is 9.10. The average Bonchev–Trinajstić information content (AvgIpc) is 2.73. The molecule has 0 fully saturated rings. The number of benzene rings is 2. The van der Waals surface area contributed by atoms with E-state index < -0.39 is 24.2 Å². The maximum Gasteiger partial charge on any atom is 0.412 e. The number of ether oxygens (including phenoxy) is 2. The summed E-state index contributed by atoms with van der Waals surface area (Å²) in [5.74, 6) is -0.859. The number of phenols is 1. The van der Waals surface area contributed by atoms with Gasteiger partial charge < -0.3 is 14.6 Å². The van der Waals surface area contributed by atoms with E-state index in [1.54, 1.807) is 31.2 Å². The van der Waals surface area contributed by atoms with E-state index in [1.807, 2.05) is 19.1 Å². The maximum absolute atomic E-state index is 12.6. The molecular formula is C21H23IN2O6. The van der Waals surface area contributed by atoms with Crippen molar-refractivity contribution >= 4 is 40.3 Å². The van der Waals surface area contributed by atoms with Gasteiger partial charge in [0.1, 0.15) is 11.9 Å². The number of phenolic OH excluding ortho intramolecular Hbond substituents is 1. The molecular weight excluding hydrogens is 503 g/mol. The van der Waals surface area contributed by atoms with Crippen LogP contribution in [0, 0.1) is 10.5 Å². The highest BCUT2D eigenvalue weighted by atomic mass is 127. The Labute approximate surface area is 188 Å². The molecule has 0 bridgehead atoms. The summed E-state index contributed by atoms with van der Waals surface area (Å²) in [6.45, 7) is 3.92. The van der Waals surface area contributed by atoms with Crippen molar-refractivity contribution in [3.8, 4) is 5.75 Å². The van der Waals surface area contributed by atoms with Crippen LogP contribution in [0.25, 0.3) is 0 Å². The highest BCUT2D eigenvalue weighted by Gasteiger charge is 2.29. The number of hydroxylamine groups is 1. The molecule has 0 heterocycles. The summed E-state index contributed by atoms with van der Waals surface area (Å²) in [7, 11) is 0. The standard InChI is InChI=1S/C21H23IN2O6/c1-3-29-18(10-11-19(26)24-28)20(16-12-14(22)6-9-17(16)25)30-21(27)23-15-7-4-13(2)5-8-15/h4-12,18,20,25,28H,3H2,1-2H3,(H,23,27)(H,24,26)/b11-10+/t18-,20-/m1/s1. The molecule has 2 aromatic carbocycles. The van der Waals surface area contributed by atoms with Crippen LogP contribution in [0.3, 0.4) is 0 Å². The summed E-state index contributed by atoms with van der Waals surface area (Å²) in [5, 5.41) is 21.7. The van der Waals surface area contributed by atoms with E-state index in [-0.39, 0.29) is 12.4 Å². The van der Waals surface area contributed by atoms with Gasteiger partial charge in [0, 0.05) is 27.5 Å². The fraction of sp³-hybridized carbons (Fsp3) is 0.238. The summed E-state index contributed by atoms with van der Waals surface area (Å²) in [6.07, 6.45) is -0.322. The quantitative estimate of drug-likeness (QED) is 0.179. The van der Waals surface area contributed by atoms with Crippen molar-refractivity contribution < 1.29 is 29.4 Å². The molecule has 8 nitrogen and oxygen atoms in total. The molecule has 2 aromatic rings. The van der Waals surface area contributed by atoms with Crippen LogP contribution in [-0.2, 0) is 14.3 Å². The lowest BCUT2D eigenvalue weighted by Crippen LogP contribution is -2.28. The molecule has 2 atom stereocenters. The van der Waals surface area contributed by atoms with E-state index in [4.69, 9.17) is 14.7 Å². The molecule has 2 amide bonds. The van der Waals surface area contributed by atoms with Crippen molar-refractivity contribution in [2.45, 2.75) is 26.1 Å². The molecule has 0 aromatic heterocycles. The number of amides is 2. The number of hydrogen-bond acceptors (Lipinski definition) is 6. The number of hydrogen-bond donors (Lipinski definition) is 4. The second-order valence-corrected chi connectivity index (χ2v) is 7.52. The maximum atomic E-state index is 12.6. The highest BCUT2D eigenvalue weighted by molar-refractivity contribution is 14.1. The second kappa shape index (κ2) is 11.5. The molecule has 0 radical (unpaired) electrons. The SMILES string of the molecule is CCO[C@H](/C=C/C(=O)NO)[C@H](OC(=O)Nc1ccc(C)cc1)c1cc(I)ccc1O. The van der Waals surface area contributed by atoms with Crippen molar-refractivity contribution in [2.24, 2.45) is 0 Å². The lowest BCUT2D eigenvalue weighted by Gasteiger charge is -2.26. The first kappa shape index (κ1) is 23.6. The number of nitrogens with one attached hydrogen (secondary N) is 2. The van der Waals surface area contributed by atoms with Gasteiger partial charge in [-0.05, 0) is 72.8 Å². The minimum atomic E-state index is -1.06. The summed E-state index contributed by atoms with van der Waals surface area (Å²) >= 11 is 2.07. The molecule has 0 saturated heterocycles. The van der Waals surface area contributed by atoms with E-state index >= 15 is 0 Å². The summed E-state index contributed by atoms with van der Waals surface area (Å²) in [4.78, 5) is 24.0. The fourth-order valence-electron chi connectivity index (χ4n) is 2.62. The molecule has 0 unspecified atom stereocenters. The van der Waals surface area contributed by atoms with E-state index in [9.17, 15) is 14.7 Å². The van der Waals surface area contributed by atoms with Crippen molar-refractivity contribution in [3.05, 3.63) is 69.3 Å². The Morgan fingerprint density at radius 3 is 2.53 bits per heavy atom. The van der Waals surface area contributed by atoms with Crippen LogP contribution >= 0.6 is 22.6 Å². The minimum absolute atomic E-state index is 0.0896. The fourth-order valence-corrected chi connectivity index (χ4v) is 3.13. The van der Waals surface area contributed by atoms with Gasteiger partial charge in [-0.15, -0.1) is 0 Å². The predicted octanol–water partition coefficient (Wildman–Crippen LogP) is 4.06. The molecule has 0 spiro atoms. The van der Waals surface area contributed by atoms with Crippen LogP contribution in [0.4, 0.5) is 10.5 Å². The zero-order valence-corrected chi connectivity index (χ0v) is 18.6. The second-order valence-electron chi connectivity index (χ2n) is 6.28. The summed E-state index contributed by atoms with van der Waals surface area (Å²) in [5.41, 5.74) is 3.38. The molecule has 160 valence electrons. The van der Waals surface area contributed by atoms with Crippen LogP contribution in [0.15, 0.2) is 54.6 Å². The van der Waals surface area contributed by atoms with Gasteiger partial charge >= 0.3 is 6.09 Å². The smallest absolute Gasteiger partial charge is 0.412 e. The Bertz CT molecular complexity index is 901. The minimum Gasteiger partial charge on any atom is -0.508 e. The number of anilines is 1. The summed E-state index contributed by atoms with van der Waals surface area (Å²) in [6, 6.07) is 12.0. The molecule has 9 heteroatoms. The zero-order valence-electron chi connectivity index (χ0n) is 16.5. The summed E-state index contributed by atoms with van der Waals surface area (Å²) < 4.78 is 12.1. The third-order valence-electron chi connectivity index (χ3n) is 4.03. The highest BCUT2D eigenvalue weighted by Crippen LogP contribution is 2.33. The van der Waals surface area contributed by atoms with Crippen molar-refractivity contribution in [1.82, 2.24) is 5.48 Å². The third kappa shape index (κ3) is 7.01. The zero-order chi connectivity index (χ0) is 22.1. The number of carbonyl (C=O) groups excluding carboxylic acids is 2. The van der Waals surface area contributed by atoms with Crippen molar-refractivity contribution in [2.75, 3.05) is 11.9 Å². The molecule has 30 heavy (non-hydrogen) atoms. The largest absolute Gasteiger partial charge is 0.508 e. The number of aryl methyl sites for hydroxylation is 1.